The number of rotatable bonds is 1. The van der Waals surface area contributed by atoms with Crippen LogP contribution in [-0.2, 0) is 19.0 Å². The zero-order valence-electron chi connectivity index (χ0n) is 14.5. The molecule has 0 unspecified atom stereocenters. The van der Waals surface area contributed by atoms with Crippen LogP contribution in [-0.4, -0.2) is 51.0 Å². The lowest BCUT2D eigenvalue weighted by Gasteiger charge is -2.53. The molecule has 0 aromatic carbocycles. The van der Waals surface area contributed by atoms with Gasteiger partial charge in [0.15, 0.2) is 0 Å². The second-order valence-electron chi connectivity index (χ2n) is 8.22. The highest BCUT2D eigenvalue weighted by Crippen LogP contribution is 2.55. The van der Waals surface area contributed by atoms with E-state index < -0.39 is 17.3 Å². The van der Waals surface area contributed by atoms with Crippen LogP contribution in [0.15, 0.2) is 0 Å². The molecule has 1 N–H and O–H groups in total. The first-order valence-electron chi connectivity index (χ1n) is 8.35. The van der Waals surface area contributed by atoms with Gasteiger partial charge in [-0.3, -0.25) is 4.79 Å². The summed E-state index contributed by atoms with van der Waals surface area (Å²) in [7, 11) is 0. The summed E-state index contributed by atoms with van der Waals surface area (Å²) in [6.07, 6.45) is 0.800. The van der Waals surface area contributed by atoms with E-state index in [1.165, 1.54) is 6.92 Å². The molecule has 7 atom stereocenters. The maximum atomic E-state index is 11.6. The summed E-state index contributed by atoms with van der Waals surface area (Å²) in [6, 6.07) is 0. The number of fused-ring (bicyclic) bond motifs is 2. The average Bonchev–Trinajstić information content (AvgIpc) is 2.50. The Morgan fingerprint density at radius 1 is 1.26 bits per heavy atom. The van der Waals surface area contributed by atoms with E-state index in [0.29, 0.717) is 12.8 Å². The van der Waals surface area contributed by atoms with E-state index in [2.05, 4.69) is 29.8 Å². The van der Waals surface area contributed by atoms with Crippen molar-refractivity contribution in [3.8, 4) is 0 Å². The normalized spacial score (nSPS) is 51.7. The summed E-state index contributed by atoms with van der Waals surface area (Å²) in [4.78, 5) is 11.7. The number of esters is 1. The van der Waals surface area contributed by atoms with Gasteiger partial charge in [-0.25, -0.2) is 0 Å². The number of carbonyl (C=O) groups is 1. The predicted molar refractivity (Wildman–Crippen MR) is 88.5 cm³/mol. The van der Waals surface area contributed by atoms with E-state index >= 15 is 0 Å². The molecular formula is C17H27BrO5. The van der Waals surface area contributed by atoms with Crippen molar-refractivity contribution in [3.63, 3.8) is 0 Å². The van der Waals surface area contributed by atoms with Gasteiger partial charge in [0, 0.05) is 24.1 Å². The summed E-state index contributed by atoms with van der Waals surface area (Å²) in [5.41, 5.74) is -1.66. The van der Waals surface area contributed by atoms with Crippen molar-refractivity contribution in [1.82, 2.24) is 0 Å². The highest BCUT2D eigenvalue weighted by atomic mass is 79.9. The Bertz CT molecular complexity index is 509. The van der Waals surface area contributed by atoms with Gasteiger partial charge in [0.2, 0.25) is 0 Å². The lowest BCUT2D eigenvalue weighted by Crippen LogP contribution is -2.62. The van der Waals surface area contributed by atoms with Crippen LogP contribution >= 0.6 is 15.9 Å². The smallest absolute Gasteiger partial charge is 0.302 e. The van der Waals surface area contributed by atoms with Gasteiger partial charge < -0.3 is 19.3 Å². The van der Waals surface area contributed by atoms with E-state index in [1.807, 2.05) is 13.8 Å². The Kier molecular flexibility index (Phi) is 4.15. The lowest BCUT2D eigenvalue weighted by molar-refractivity contribution is -0.251. The first-order chi connectivity index (χ1) is 10.5. The van der Waals surface area contributed by atoms with Crippen molar-refractivity contribution >= 4 is 21.9 Å². The lowest BCUT2D eigenvalue weighted by atomic mass is 9.68. The highest BCUT2D eigenvalue weighted by Gasteiger charge is 2.64. The zero-order valence-corrected chi connectivity index (χ0v) is 16.1. The van der Waals surface area contributed by atoms with Crippen molar-refractivity contribution < 1.29 is 24.1 Å². The van der Waals surface area contributed by atoms with Gasteiger partial charge in [-0.1, -0.05) is 15.9 Å². The van der Waals surface area contributed by atoms with Gasteiger partial charge in [-0.15, -0.1) is 0 Å². The molecule has 0 aromatic rings. The van der Waals surface area contributed by atoms with Gasteiger partial charge >= 0.3 is 5.97 Å². The monoisotopic (exact) mass is 390 g/mol. The van der Waals surface area contributed by atoms with Crippen LogP contribution in [0.25, 0.3) is 0 Å². The first kappa shape index (κ1) is 17.6. The zero-order chi connectivity index (χ0) is 17.2. The number of hydrogen-bond donors (Lipinski definition) is 1. The fourth-order valence-electron chi connectivity index (χ4n) is 4.59. The largest absolute Gasteiger partial charge is 0.462 e. The van der Waals surface area contributed by atoms with Crippen LogP contribution < -0.4 is 0 Å². The Balaban J connectivity index is 2.02. The van der Waals surface area contributed by atoms with Gasteiger partial charge in [0.1, 0.15) is 6.10 Å². The van der Waals surface area contributed by atoms with Crippen LogP contribution in [0.3, 0.4) is 0 Å². The molecule has 3 saturated heterocycles. The molecule has 2 bridgehead atoms. The summed E-state index contributed by atoms with van der Waals surface area (Å²) in [5.74, 6) is -0.379. The Morgan fingerprint density at radius 2 is 1.91 bits per heavy atom. The molecule has 4 rings (SSSR count). The maximum absolute atomic E-state index is 11.6. The molecule has 6 heteroatoms. The van der Waals surface area contributed by atoms with E-state index in [-0.39, 0.29) is 34.5 Å². The fourth-order valence-corrected chi connectivity index (χ4v) is 5.03. The van der Waals surface area contributed by atoms with Gasteiger partial charge in [-0.05, 0) is 40.5 Å². The van der Waals surface area contributed by atoms with Crippen LogP contribution in [0.5, 0.6) is 0 Å². The van der Waals surface area contributed by atoms with Crippen molar-refractivity contribution in [2.75, 3.05) is 0 Å². The third-order valence-electron chi connectivity index (χ3n) is 6.00. The Hall–Kier alpha value is -0.170. The molecule has 23 heavy (non-hydrogen) atoms. The van der Waals surface area contributed by atoms with E-state index in [4.69, 9.17) is 14.2 Å². The first-order valence-corrected chi connectivity index (χ1v) is 9.27. The number of hydrogen-bond acceptors (Lipinski definition) is 5. The number of aliphatic hydroxyl groups is 1. The minimum atomic E-state index is -0.712. The van der Waals surface area contributed by atoms with Crippen molar-refractivity contribution in [2.45, 2.75) is 93.8 Å². The van der Waals surface area contributed by atoms with Crippen molar-refractivity contribution in [3.05, 3.63) is 0 Å². The van der Waals surface area contributed by atoms with Crippen LogP contribution in [0, 0.1) is 5.92 Å². The maximum Gasteiger partial charge on any atom is 0.302 e. The molecule has 3 aliphatic heterocycles. The van der Waals surface area contributed by atoms with E-state index in [0.717, 1.165) is 6.42 Å². The summed E-state index contributed by atoms with van der Waals surface area (Å²) in [6.45, 7) is 9.51. The van der Waals surface area contributed by atoms with E-state index in [9.17, 15) is 9.90 Å². The minimum absolute atomic E-state index is 0.0822. The Labute approximate surface area is 146 Å². The quantitative estimate of drug-likeness (QED) is 0.550. The second kappa shape index (κ2) is 5.41. The van der Waals surface area contributed by atoms with Gasteiger partial charge in [0.05, 0.1) is 29.0 Å². The second-order valence-corrected chi connectivity index (χ2v) is 9.33. The molecule has 5 nitrogen and oxygen atoms in total. The molecular weight excluding hydrogens is 364 g/mol. The number of carbonyl (C=O) groups excluding carboxylic acids is 1. The SMILES string of the molecule is CC(=O)O[C@@H]1C[C@]2(C)O[C@@H]3C[C@H](Br)C(C)(C)O[C@@]3(C)[C@H]1C[C@@H]2O. The topological polar surface area (TPSA) is 65.0 Å². The number of halogens is 1. The number of ether oxygens (including phenoxy) is 3. The van der Waals surface area contributed by atoms with Crippen molar-refractivity contribution in [2.24, 2.45) is 5.92 Å². The predicted octanol–water partition coefficient (Wildman–Crippen LogP) is 2.57. The molecule has 4 aliphatic rings. The summed E-state index contributed by atoms with van der Waals surface area (Å²) in [5, 5.41) is 10.6. The third kappa shape index (κ3) is 2.75. The average molecular weight is 391 g/mol. The third-order valence-corrected chi connectivity index (χ3v) is 7.48. The standard InChI is InChI=1S/C17H27BrO5/c1-9(19)21-11-8-16(4)13(20)6-10(11)17(5)14(22-16)7-12(18)15(2,3)23-17/h10-14,20H,6-8H2,1-5H3/t10-,11+,12-,13-,14+,16-,17-/m0/s1. The molecule has 0 amide bonds. The molecule has 0 aromatic heterocycles. The molecule has 4 fully saturated rings. The van der Waals surface area contributed by atoms with Gasteiger partial charge in [0.25, 0.3) is 0 Å². The van der Waals surface area contributed by atoms with Crippen LogP contribution in [0.4, 0.5) is 0 Å². The minimum Gasteiger partial charge on any atom is -0.462 e. The molecule has 1 aliphatic carbocycles. The summed E-state index contributed by atoms with van der Waals surface area (Å²) < 4.78 is 18.5. The molecule has 0 spiro atoms. The molecule has 1 saturated carbocycles. The molecule has 3 heterocycles. The summed E-state index contributed by atoms with van der Waals surface area (Å²) >= 11 is 3.72. The van der Waals surface area contributed by atoms with Crippen molar-refractivity contribution in [1.29, 1.82) is 0 Å². The fraction of sp³-hybridized carbons (Fsp3) is 0.941. The van der Waals surface area contributed by atoms with E-state index in [1.54, 1.807) is 0 Å². The van der Waals surface area contributed by atoms with Crippen LogP contribution in [0.1, 0.15) is 53.9 Å². The highest BCUT2D eigenvalue weighted by molar-refractivity contribution is 9.09. The molecule has 132 valence electrons. The number of aliphatic hydroxyl groups excluding tert-OH is 1. The molecule has 0 radical (unpaired) electrons. The van der Waals surface area contributed by atoms with Gasteiger partial charge in [-0.2, -0.15) is 0 Å². The Morgan fingerprint density at radius 3 is 2.52 bits per heavy atom. The van der Waals surface area contributed by atoms with Crippen LogP contribution in [0.2, 0.25) is 0 Å². The number of alkyl halides is 1.